The van der Waals surface area contributed by atoms with Crippen molar-refractivity contribution in [1.29, 1.82) is 0 Å². The molecule has 27 heavy (non-hydrogen) atoms. The highest BCUT2D eigenvalue weighted by Crippen LogP contribution is 2.13. The molecule has 0 aliphatic carbocycles. The van der Waals surface area contributed by atoms with E-state index >= 15 is 0 Å². The Morgan fingerprint density at radius 1 is 0.815 bits per heavy atom. The van der Waals surface area contributed by atoms with Crippen molar-refractivity contribution in [3.05, 3.63) is 71.8 Å². The summed E-state index contributed by atoms with van der Waals surface area (Å²) in [5, 5.41) is 23.0. The normalized spacial score (nSPS) is 12.4. The topological polar surface area (TPSA) is 133 Å². The van der Waals surface area contributed by atoms with Gasteiger partial charge in [-0.2, -0.15) is 0 Å². The molecule has 4 N–H and O–H groups in total. The average Bonchev–Trinajstić information content (AvgIpc) is 2.66. The van der Waals surface area contributed by atoms with Crippen LogP contribution in [0.4, 0.5) is 0 Å². The van der Waals surface area contributed by atoms with Crippen molar-refractivity contribution in [2.45, 2.75) is 18.5 Å². The first kappa shape index (κ1) is 19.6. The van der Waals surface area contributed by atoms with E-state index in [0.717, 1.165) is 0 Å². The number of carboxylic acids is 2. The van der Waals surface area contributed by atoms with E-state index in [-0.39, 0.29) is 5.56 Å². The number of carboxylic acid groups (broad SMARTS) is 2. The third-order valence-corrected chi connectivity index (χ3v) is 3.70. The second kappa shape index (κ2) is 9.14. The third-order valence-electron chi connectivity index (χ3n) is 3.70. The molecule has 0 aromatic heterocycles. The molecule has 140 valence electrons. The van der Waals surface area contributed by atoms with Gasteiger partial charge in [-0.25, -0.2) is 4.79 Å². The summed E-state index contributed by atoms with van der Waals surface area (Å²) >= 11 is 0. The Hall–Kier alpha value is -3.68. The quantitative estimate of drug-likeness (QED) is 0.552. The van der Waals surface area contributed by atoms with E-state index in [2.05, 4.69) is 10.6 Å². The molecule has 0 aliphatic heterocycles. The summed E-state index contributed by atoms with van der Waals surface area (Å²) in [4.78, 5) is 47.3. The maximum atomic E-state index is 12.5. The maximum absolute atomic E-state index is 12.5. The van der Waals surface area contributed by atoms with Gasteiger partial charge in [0.15, 0.2) is 6.04 Å². The lowest BCUT2D eigenvalue weighted by Gasteiger charge is -2.20. The summed E-state index contributed by atoms with van der Waals surface area (Å²) in [5.41, 5.74) is 0.570. The van der Waals surface area contributed by atoms with Crippen LogP contribution in [0.3, 0.4) is 0 Å². The minimum absolute atomic E-state index is 0.249. The SMILES string of the molecule is O=C(O)C[C@H](NC(=O)c1ccccc1)C(=O)N[C@H](C(=O)O)c1ccccc1. The minimum Gasteiger partial charge on any atom is -0.481 e. The summed E-state index contributed by atoms with van der Waals surface area (Å²) < 4.78 is 0. The van der Waals surface area contributed by atoms with E-state index in [9.17, 15) is 24.3 Å². The number of carbonyl (C=O) groups excluding carboxylic acids is 2. The van der Waals surface area contributed by atoms with Gasteiger partial charge in [-0.3, -0.25) is 14.4 Å². The van der Waals surface area contributed by atoms with Crippen LogP contribution in [0, 0.1) is 0 Å². The van der Waals surface area contributed by atoms with Gasteiger partial charge in [0.05, 0.1) is 6.42 Å². The van der Waals surface area contributed by atoms with Gasteiger partial charge in [0.2, 0.25) is 5.91 Å². The van der Waals surface area contributed by atoms with Gasteiger partial charge in [0, 0.05) is 5.56 Å². The second-order valence-corrected chi connectivity index (χ2v) is 5.68. The number of benzene rings is 2. The lowest BCUT2D eigenvalue weighted by Crippen LogP contribution is -2.49. The van der Waals surface area contributed by atoms with Crippen LogP contribution in [0.25, 0.3) is 0 Å². The molecule has 8 heteroatoms. The molecular weight excluding hydrogens is 352 g/mol. The molecule has 2 aromatic rings. The molecule has 2 rings (SSSR count). The van der Waals surface area contributed by atoms with E-state index in [0.29, 0.717) is 5.56 Å². The van der Waals surface area contributed by atoms with E-state index in [1.165, 1.54) is 24.3 Å². The number of amides is 2. The van der Waals surface area contributed by atoms with Crippen LogP contribution in [0.1, 0.15) is 28.4 Å². The molecule has 0 saturated heterocycles. The number of nitrogens with one attached hydrogen (secondary N) is 2. The molecule has 0 spiro atoms. The van der Waals surface area contributed by atoms with Crippen molar-refractivity contribution >= 4 is 23.8 Å². The fourth-order valence-corrected chi connectivity index (χ4v) is 2.39. The Kier molecular flexibility index (Phi) is 6.65. The summed E-state index contributed by atoms with van der Waals surface area (Å²) in [6.07, 6.45) is -0.689. The van der Waals surface area contributed by atoms with Gasteiger partial charge in [-0.1, -0.05) is 48.5 Å². The molecule has 0 bridgehead atoms. The van der Waals surface area contributed by atoms with E-state index in [1.54, 1.807) is 36.4 Å². The van der Waals surface area contributed by atoms with Crippen LogP contribution in [-0.4, -0.2) is 40.0 Å². The monoisotopic (exact) mass is 370 g/mol. The number of hydrogen-bond acceptors (Lipinski definition) is 4. The number of rotatable bonds is 8. The summed E-state index contributed by atoms with van der Waals surface area (Å²) in [6.45, 7) is 0. The highest BCUT2D eigenvalue weighted by Gasteiger charge is 2.29. The first-order valence-electron chi connectivity index (χ1n) is 8.04. The molecule has 0 fully saturated rings. The van der Waals surface area contributed by atoms with Gasteiger partial charge in [-0.15, -0.1) is 0 Å². The molecule has 2 aromatic carbocycles. The van der Waals surface area contributed by atoms with Crippen LogP contribution < -0.4 is 10.6 Å². The Bertz CT molecular complexity index is 823. The Balaban J connectivity index is 2.17. The molecule has 0 aliphatic rings. The van der Waals surface area contributed by atoms with Gasteiger partial charge in [0.1, 0.15) is 6.04 Å². The molecule has 0 radical (unpaired) electrons. The highest BCUT2D eigenvalue weighted by atomic mass is 16.4. The molecule has 0 heterocycles. The fraction of sp³-hybridized carbons (Fsp3) is 0.158. The van der Waals surface area contributed by atoms with Crippen LogP contribution in [0.2, 0.25) is 0 Å². The van der Waals surface area contributed by atoms with Crippen LogP contribution in [0.5, 0.6) is 0 Å². The molecule has 0 unspecified atom stereocenters. The largest absolute Gasteiger partial charge is 0.481 e. The van der Waals surface area contributed by atoms with E-state index in [1.807, 2.05) is 0 Å². The van der Waals surface area contributed by atoms with Gasteiger partial charge >= 0.3 is 11.9 Å². The summed E-state index contributed by atoms with van der Waals surface area (Å²) in [7, 11) is 0. The van der Waals surface area contributed by atoms with Crippen molar-refractivity contribution < 1.29 is 29.4 Å². The zero-order chi connectivity index (χ0) is 19.8. The lowest BCUT2D eigenvalue weighted by atomic mass is 10.1. The predicted molar refractivity (Wildman–Crippen MR) is 94.9 cm³/mol. The smallest absolute Gasteiger partial charge is 0.330 e. The van der Waals surface area contributed by atoms with Crippen molar-refractivity contribution in [2.75, 3.05) is 0 Å². The van der Waals surface area contributed by atoms with E-state index in [4.69, 9.17) is 5.11 Å². The Morgan fingerprint density at radius 3 is 1.89 bits per heavy atom. The van der Waals surface area contributed by atoms with Gasteiger partial charge in [0.25, 0.3) is 5.91 Å². The van der Waals surface area contributed by atoms with E-state index < -0.39 is 42.3 Å². The van der Waals surface area contributed by atoms with Crippen LogP contribution in [0.15, 0.2) is 60.7 Å². The average molecular weight is 370 g/mol. The fourth-order valence-electron chi connectivity index (χ4n) is 2.39. The predicted octanol–water partition coefficient (Wildman–Crippen LogP) is 1.20. The standard InChI is InChI=1S/C19H18N2O6/c22-15(23)11-14(20-17(24)13-9-5-2-6-10-13)18(25)21-16(19(26)27)12-7-3-1-4-8-12/h1-10,14,16H,11H2,(H,20,24)(H,21,25)(H,22,23)(H,26,27)/t14-,16-/m0/s1. The number of carbonyl (C=O) groups is 4. The van der Waals surface area contributed by atoms with Crippen molar-refractivity contribution in [3.8, 4) is 0 Å². The van der Waals surface area contributed by atoms with Crippen LogP contribution >= 0.6 is 0 Å². The molecule has 2 amide bonds. The molecule has 8 nitrogen and oxygen atoms in total. The lowest BCUT2D eigenvalue weighted by molar-refractivity contribution is -0.143. The van der Waals surface area contributed by atoms with Crippen molar-refractivity contribution in [1.82, 2.24) is 10.6 Å². The number of aliphatic carboxylic acids is 2. The minimum atomic E-state index is -1.43. The second-order valence-electron chi connectivity index (χ2n) is 5.68. The Morgan fingerprint density at radius 2 is 1.37 bits per heavy atom. The van der Waals surface area contributed by atoms with Gasteiger partial charge in [-0.05, 0) is 17.7 Å². The zero-order valence-electron chi connectivity index (χ0n) is 14.2. The summed E-state index contributed by atoms with van der Waals surface area (Å²) in [6, 6.07) is 13.1. The van der Waals surface area contributed by atoms with Crippen LogP contribution in [-0.2, 0) is 14.4 Å². The first-order valence-corrected chi connectivity index (χ1v) is 8.04. The molecular formula is C19H18N2O6. The highest BCUT2D eigenvalue weighted by molar-refractivity contribution is 5.99. The molecule has 0 saturated carbocycles. The first-order chi connectivity index (χ1) is 12.9. The third kappa shape index (κ3) is 5.67. The summed E-state index contributed by atoms with van der Waals surface area (Å²) in [5.74, 6) is -4.16. The zero-order valence-corrected chi connectivity index (χ0v) is 14.2. The van der Waals surface area contributed by atoms with Gasteiger partial charge < -0.3 is 20.8 Å². The van der Waals surface area contributed by atoms with Crippen molar-refractivity contribution in [2.24, 2.45) is 0 Å². The van der Waals surface area contributed by atoms with Crippen molar-refractivity contribution in [3.63, 3.8) is 0 Å². The maximum Gasteiger partial charge on any atom is 0.330 e. The Labute approximate surface area is 154 Å². The molecule has 2 atom stereocenters. The number of hydrogen-bond donors (Lipinski definition) is 4.